The number of carboxylic acid groups (broad SMARTS) is 1. The number of benzene rings is 2. The summed E-state index contributed by atoms with van der Waals surface area (Å²) in [4.78, 5) is 23.3. The van der Waals surface area contributed by atoms with Crippen molar-refractivity contribution in [1.29, 1.82) is 0 Å². The minimum atomic E-state index is -0.922. The molecule has 0 spiro atoms. The summed E-state index contributed by atoms with van der Waals surface area (Å²) in [5.41, 5.74) is -0.731. The van der Waals surface area contributed by atoms with Crippen LogP contribution in [0.2, 0.25) is 0 Å². The molecule has 0 aliphatic carbocycles. The van der Waals surface area contributed by atoms with E-state index in [0.29, 0.717) is 18.6 Å². The molecule has 2 rings (SSSR count). The van der Waals surface area contributed by atoms with E-state index in [4.69, 9.17) is 9.84 Å². The Morgan fingerprint density at radius 2 is 1.75 bits per heavy atom. The third-order valence-electron chi connectivity index (χ3n) is 4.36. The maximum atomic E-state index is 12.2. The highest BCUT2D eigenvalue weighted by atomic mass is 16.5. The number of rotatable bonds is 8. The zero-order valence-corrected chi connectivity index (χ0v) is 14.0. The Kier molecular flexibility index (Phi) is 5.79. The summed E-state index contributed by atoms with van der Waals surface area (Å²) in [6.07, 6.45) is 1.01. The number of amides is 1. The monoisotopic (exact) mass is 329 g/mol. The summed E-state index contributed by atoms with van der Waals surface area (Å²) in [5, 5.41) is 13.9. The molecule has 0 saturated carbocycles. The Bertz CT molecular complexity index is 717. The van der Waals surface area contributed by atoms with Gasteiger partial charge in [0.2, 0.25) is 0 Å². The van der Waals surface area contributed by atoms with Gasteiger partial charge in [0.15, 0.2) is 6.61 Å². The summed E-state index contributed by atoms with van der Waals surface area (Å²) >= 11 is 0. The van der Waals surface area contributed by atoms with Crippen molar-refractivity contribution in [3.05, 3.63) is 42.5 Å². The molecule has 5 nitrogen and oxygen atoms in total. The van der Waals surface area contributed by atoms with E-state index in [1.807, 2.05) is 56.3 Å². The average molecular weight is 329 g/mol. The summed E-state index contributed by atoms with van der Waals surface area (Å²) in [5.74, 6) is -0.595. The van der Waals surface area contributed by atoms with E-state index in [9.17, 15) is 9.59 Å². The standard InChI is InChI=1S/C19H23NO4/c1-3-19(4-2,12-18(22)23)20-17(21)13-24-16-11-7-9-14-8-5-6-10-15(14)16/h5-11H,3-4,12-13H2,1-2H3,(H,20,21)(H,22,23). The first-order chi connectivity index (χ1) is 11.5. The number of ether oxygens (including phenoxy) is 1. The van der Waals surface area contributed by atoms with Crippen molar-refractivity contribution in [3.63, 3.8) is 0 Å². The molecule has 0 heterocycles. The van der Waals surface area contributed by atoms with Crippen molar-refractivity contribution in [1.82, 2.24) is 5.32 Å². The van der Waals surface area contributed by atoms with Gasteiger partial charge < -0.3 is 15.2 Å². The molecule has 0 bridgehead atoms. The molecule has 0 aromatic heterocycles. The fraction of sp³-hybridized carbons (Fsp3) is 0.368. The fourth-order valence-electron chi connectivity index (χ4n) is 2.81. The van der Waals surface area contributed by atoms with E-state index in [1.54, 1.807) is 0 Å². The summed E-state index contributed by atoms with van der Waals surface area (Å²) in [7, 11) is 0. The second kappa shape index (κ2) is 7.81. The number of aliphatic carboxylic acids is 1. The number of carbonyl (C=O) groups is 2. The van der Waals surface area contributed by atoms with Gasteiger partial charge in [0, 0.05) is 5.39 Å². The second-order valence-corrected chi connectivity index (χ2v) is 5.87. The Labute approximate surface area is 141 Å². The highest BCUT2D eigenvalue weighted by Crippen LogP contribution is 2.25. The van der Waals surface area contributed by atoms with Crippen molar-refractivity contribution in [2.75, 3.05) is 6.61 Å². The zero-order chi connectivity index (χ0) is 17.6. The number of carbonyl (C=O) groups excluding carboxylic acids is 1. The molecule has 0 fully saturated rings. The molecule has 128 valence electrons. The minimum Gasteiger partial charge on any atom is -0.483 e. The van der Waals surface area contributed by atoms with Crippen LogP contribution in [0.1, 0.15) is 33.1 Å². The number of fused-ring (bicyclic) bond motifs is 1. The van der Waals surface area contributed by atoms with Crippen LogP contribution in [0.15, 0.2) is 42.5 Å². The van der Waals surface area contributed by atoms with Crippen LogP contribution >= 0.6 is 0 Å². The van der Waals surface area contributed by atoms with Crippen molar-refractivity contribution in [3.8, 4) is 5.75 Å². The molecule has 2 aromatic rings. The molecule has 0 aliphatic heterocycles. The summed E-state index contributed by atoms with van der Waals surface area (Å²) in [6, 6.07) is 13.5. The van der Waals surface area contributed by atoms with Gasteiger partial charge in [0.1, 0.15) is 5.75 Å². The van der Waals surface area contributed by atoms with Crippen LogP contribution in [0, 0.1) is 0 Å². The van der Waals surface area contributed by atoms with E-state index >= 15 is 0 Å². The molecule has 0 saturated heterocycles. The Morgan fingerprint density at radius 1 is 1.08 bits per heavy atom. The third-order valence-corrected chi connectivity index (χ3v) is 4.36. The smallest absolute Gasteiger partial charge is 0.305 e. The van der Waals surface area contributed by atoms with E-state index in [2.05, 4.69) is 5.32 Å². The van der Waals surface area contributed by atoms with Crippen molar-refractivity contribution in [2.24, 2.45) is 0 Å². The average Bonchev–Trinajstić information content (AvgIpc) is 2.58. The van der Waals surface area contributed by atoms with Crippen LogP contribution < -0.4 is 10.1 Å². The van der Waals surface area contributed by atoms with Crippen molar-refractivity contribution >= 4 is 22.6 Å². The Hall–Kier alpha value is -2.56. The summed E-state index contributed by atoms with van der Waals surface area (Å²) in [6.45, 7) is 3.60. The normalized spacial score (nSPS) is 11.2. The van der Waals surface area contributed by atoms with Crippen molar-refractivity contribution < 1.29 is 19.4 Å². The lowest BCUT2D eigenvalue weighted by Gasteiger charge is -2.31. The lowest BCUT2D eigenvalue weighted by molar-refractivity contribution is -0.139. The van der Waals surface area contributed by atoms with Crippen molar-refractivity contribution in [2.45, 2.75) is 38.6 Å². The van der Waals surface area contributed by atoms with Gasteiger partial charge >= 0.3 is 5.97 Å². The van der Waals surface area contributed by atoms with Gasteiger partial charge in [-0.2, -0.15) is 0 Å². The van der Waals surface area contributed by atoms with E-state index in [-0.39, 0.29) is 18.9 Å². The number of hydrogen-bond donors (Lipinski definition) is 2. The molecule has 2 N–H and O–H groups in total. The maximum Gasteiger partial charge on any atom is 0.305 e. The van der Waals surface area contributed by atoms with Crippen LogP contribution in [0.4, 0.5) is 0 Å². The molecule has 0 aliphatic rings. The highest BCUT2D eigenvalue weighted by Gasteiger charge is 2.31. The van der Waals surface area contributed by atoms with Crippen LogP contribution in [0.3, 0.4) is 0 Å². The lowest BCUT2D eigenvalue weighted by atomic mass is 9.89. The minimum absolute atomic E-state index is 0.0972. The van der Waals surface area contributed by atoms with Gasteiger partial charge in [-0.1, -0.05) is 50.2 Å². The first kappa shape index (κ1) is 17.8. The zero-order valence-electron chi connectivity index (χ0n) is 14.0. The molecule has 0 atom stereocenters. The van der Waals surface area contributed by atoms with Gasteiger partial charge in [0.05, 0.1) is 12.0 Å². The van der Waals surface area contributed by atoms with Crippen LogP contribution in [0.25, 0.3) is 10.8 Å². The van der Waals surface area contributed by atoms with E-state index in [1.165, 1.54) is 0 Å². The predicted octanol–water partition coefficient (Wildman–Crippen LogP) is 3.37. The maximum absolute atomic E-state index is 12.2. The Balaban J connectivity index is 2.05. The van der Waals surface area contributed by atoms with Gasteiger partial charge in [-0.3, -0.25) is 9.59 Å². The molecule has 24 heavy (non-hydrogen) atoms. The molecule has 2 aromatic carbocycles. The molecular formula is C19H23NO4. The summed E-state index contributed by atoms with van der Waals surface area (Å²) < 4.78 is 5.66. The highest BCUT2D eigenvalue weighted by molar-refractivity contribution is 5.88. The van der Waals surface area contributed by atoms with Crippen LogP contribution in [0.5, 0.6) is 5.75 Å². The largest absolute Gasteiger partial charge is 0.483 e. The quantitative estimate of drug-likeness (QED) is 0.778. The van der Waals surface area contributed by atoms with Crippen LogP contribution in [-0.4, -0.2) is 29.1 Å². The molecule has 0 unspecified atom stereocenters. The van der Waals surface area contributed by atoms with Crippen LogP contribution in [-0.2, 0) is 9.59 Å². The molecular weight excluding hydrogens is 306 g/mol. The number of carboxylic acids is 1. The van der Waals surface area contributed by atoms with Gasteiger partial charge in [-0.05, 0) is 24.3 Å². The first-order valence-electron chi connectivity index (χ1n) is 8.13. The van der Waals surface area contributed by atoms with E-state index in [0.717, 1.165) is 10.8 Å². The Morgan fingerprint density at radius 3 is 2.42 bits per heavy atom. The topological polar surface area (TPSA) is 75.6 Å². The molecule has 0 radical (unpaired) electrons. The first-order valence-corrected chi connectivity index (χ1v) is 8.13. The number of hydrogen-bond acceptors (Lipinski definition) is 3. The lowest BCUT2D eigenvalue weighted by Crippen LogP contribution is -2.50. The fourth-order valence-corrected chi connectivity index (χ4v) is 2.81. The molecule has 1 amide bonds. The predicted molar refractivity (Wildman–Crippen MR) is 93.2 cm³/mol. The second-order valence-electron chi connectivity index (χ2n) is 5.87. The number of nitrogens with one attached hydrogen (secondary N) is 1. The van der Waals surface area contributed by atoms with Gasteiger partial charge in [-0.15, -0.1) is 0 Å². The SMILES string of the molecule is CCC(CC)(CC(=O)O)NC(=O)COc1cccc2ccccc12. The molecule has 5 heteroatoms. The van der Waals surface area contributed by atoms with Gasteiger partial charge in [0.25, 0.3) is 5.91 Å². The van der Waals surface area contributed by atoms with Gasteiger partial charge in [-0.25, -0.2) is 0 Å². The third kappa shape index (κ3) is 4.25. The van der Waals surface area contributed by atoms with E-state index < -0.39 is 11.5 Å².